The molecule has 0 unspecified atom stereocenters. The molecular formula is C38H41BrClN3O5S. The number of amides is 2. The fourth-order valence-electron chi connectivity index (χ4n) is 6.12. The molecule has 0 aliphatic heterocycles. The third kappa shape index (κ3) is 9.65. The van der Waals surface area contributed by atoms with Crippen LogP contribution in [0.2, 0.25) is 5.02 Å². The average Bonchev–Trinajstić information content (AvgIpc) is 3.10. The standard InChI is InChI=1S/C38H41BrClN3O5S/c1-2-48-36-19-10-9-18-34(36)43(49(46,47)33-22-20-31(40)21-23-33)27-37(44)42(26-29-14-11-15-30(39)24-29)35(25-28-12-5-3-6-13-28)38(45)41-32-16-7-4-8-17-32/h3,5-6,9-15,18-24,32,35H,2,4,7-8,16-17,25-27H2,1H3,(H,41,45)/t35-/m1/s1. The Bertz CT molecular complexity index is 1820. The lowest BCUT2D eigenvalue weighted by Crippen LogP contribution is -2.55. The topological polar surface area (TPSA) is 96.0 Å². The lowest BCUT2D eigenvalue weighted by Gasteiger charge is -2.35. The Morgan fingerprint density at radius 1 is 0.898 bits per heavy atom. The molecule has 49 heavy (non-hydrogen) atoms. The number of anilines is 1. The molecule has 2 amide bonds. The summed E-state index contributed by atoms with van der Waals surface area (Å²) in [7, 11) is -4.31. The van der Waals surface area contributed by atoms with E-state index in [1.807, 2.05) is 54.6 Å². The highest BCUT2D eigenvalue weighted by atomic mass is 79.9. The van der Waals surface area contributed by atoms with E-state index in [1.165, 1.54) is 29.2 Å². The number of carbonyl (C=O) groups excluding carboxylic acids is 2. The molecule has 0 saturated heterocycles. The Labute approximate surface area is 302 Å². The minimum Gasteiger partial charge on any atom is -0.492 e. The number of para-hydroxylation sites is 2. The minimum atomic E-state index is -4.31. The van der Waals surface area contributed by atoms with Gasteiger partial charge in [0.1, 0.15) is 18.3 Å². The number of ether oxygens (including phenoxy) is 1. The SMILES string of the molecule is CCOc1ccccc1N(CC(=O)N(Cc1cccc(Br)c1)[C@H](Cc1ccccc1)C(=O)NC1CCCCC1)S(=O)(=O)c1ccc(Cl)cc1. The highest BCUT2D eigenvalue weighted by Crippen LogP contribution is 2.33. The maximum absolute atomic E-state index is 14.8. The number of rotatable bonds is 14. The summed E-state index contributed by atoms with van der Waals surface area (Å²) in [4.78, 5) is 30.6. The second-order valence-electron chi connectivity index (χ2n) is 12.1. The molecule has 5 rings (SSSR count). The van der Waals surface area contributed by atoms with E-state index in [0.29, 0.717) is 10.8 Å². The van der Waals surface area contributed by atoms with Gasteiger partial charge in [0.2, 0.25) is 11.8 Å². The summed E-state index contributed by atoms with van der Waals surface area (Å²) in [5.41, 5.74) is 1.88. The first-order valence-electron chi connectivity index (χ1n) is 16.5. The molecule has 258 valence electrons. The molecule has 0 bridgehead atoms. The van der Waals surface area contributed by atoms with E-state index in [0.717, 1.165) is 52.0 Å². The van der Waals surface area contributed by atoms with Gasteiger partial charge in [0.15, 0.2) is 0 Å². The Balaban J connectivity index is 1.59. The normalized spacial score (nSPS) is 14.1. The molecule has 4 aromatic carbocycles. The van der Waals surface area contributed by atoms with E-state index in [4.69, 9.17) is 16.3 Å². The molecule has 1 N–H and O–H groups in total. The Hall–Kier alpha value is -3.86. The number of hydrogen-bond donors (Lipinski definition) is 1. The van der Waals surface area contributed by atoms with Gasteiger partial charge in [-0.2, -0.15) is 0 Å². The maximum atomic E-state index is 14.8. The van der Waals surface area contributed by atoms with Crippen LogP contribution in [0.15, 0.2) is 112 Å². The van der Waals surface area contributed by atoms with Crippen molar-refractivity contribution in [2.24, 2.45) is 0 Å². The molecule has 0 radical (unpaired) electrons. The highest BCUT2D eigenvalue weighted by molar-refractivity contribution is 9.10. The molecule has 1 aliphatic carbocycles. The summed E-state index contributed by atoms with van der Waals surface area (Å²) in [5.74, 6) is -0.491. The lowest BCUT2D eigenvalue weighted by molar-refractivity contribution is -0.140. The van der Waals surface area contributed by atoms with Gasteiger partial charge in [-0.25, -0.2) is 8.42 Å². The average molecular weight is 767 g/mol. The van der Waals surface area contributed by atoms with Crippen molar-refractivity contribution in [3.63, 3.8) is 0 Å². The molecule has 0 spiro atoms. The summed E-state index contributed by atoms with van der Waals surface area (Å²) in [6.07, 6.45) is 5.21. The van der Waals surface area contributed by atoms with E-state index < -0.39 is 28.5 Å². The van der Waals surface area contributed by atoms with Gasteiger partial charge >= 0.3 is 0 Å². The van der Waals surface area contributed by atoms with Gasteiger partial charge in [-0.3, -0.25) is 13.9 Å². The van der Waals surface area contributed by atoms with Crippen LogP contribution in [0.1, 0.15) is 50.2 Å². The Morgan fingerprint density at radius 3 is 2.27 bits per heavy atom. The second-order valence-corrected chi connectivity index (χ2v) is 15.3. The van der Waals surface area contributed by atoms with E-state index in [1.54, 1.807) is 31.2 Å². The van der Waals surface area contributed by atoms with Crippen molar-refractivity contribution in [1.29, 1.82) is 0 Å². The van der Waals surface area contributed by atoms with Crippen LogP contribution >= 0.6 is 27.5 Å². The molecule has 8 nitrogen and oxygen atoms in total. The van der Waals surface area contributed by atoms with Gasteiger partial charge < -0.3 is 15.0 Å². The Kier molecular flexibility index (Phi) is 12.8. The first kappa shape index (κ1) is 36.4. The fourth-order valence-corrected chi connectivity index (χ4v) is 8.12. The fraction of sp³-hybridized carbons (Fsp3) is 0.316. The smallest absolute Gasteiger partial charge is 0.264 e. The molecule has 1 saturated carbocycles. The Morgan fingerprint density at radius 2 is 1.57 bits per heavy atom. The van der Waals surface area contributed by atoms with Crippen molar-refractivity contribution in [3.05, 3.63) is 124 Å². The van der Waals surface area contributed by atoms with E-state index in [-0.39, 0.29) is 42.1 Å². The van der Waals surface area contributed by atoms with Crippen LogP contribution in [0.3, 0.4) is 0 Å². The second kappa shape index (κ2) is 17.2. The first-order chi connectivity index (χ1) is 23.7. The number of halogens is 2. The van der Waals surface area contributed by atoms with Crippen molar-refractivity contribution < 1.29 is 22.7 Å². The predicted molar refractivity (Wildman–Crippen MR) is 197 cm³/mol. The largest absolute Gasteiger partial charge is 0.492 e. The van der Waals surface area contributed by atoms with Crippen molar-refractivity contribution >= 4 is 55.1 Å². The van der Waals surface area contributed by atoms with Crippen LogP contribution < -0.4 is 14.4 Å². The zero-order chi connectivity index (χ0) is 34.8. The number of nitrogens with zero attached hydrogens (tertiary/aromatic N) is 2. The van der Waals surface area contributed by atoms with Crippen molar-refractivity contribution in [3.8, 4) is 5.75 Å². The summed E-state index contributed by atoms with van der Waals surface area (Å²) in [6.45, 7) is 1.59. The van der Waals surface area contributed by atoms with Crippen LogP contribution in [0, 0.1) is 0 Å². The molecule has 1 aliphatic rings. The molecule has 1 fully saturated rings. The number of carbonyl (C=O) groups is 2. The van der Waals surface area contributed by atoms with Gasteiger partial charge in [-0.1, -0.05) is 101 Å². The molecule has 4 aromatic rings. The molecule has 0 heterocycles. The monoisotopic (exact) mass is 765 g/mol. The van der Waals surface area contributed by atoms with Crippen LogP contribution in [-0.2, 0) is 32.6 Å². The van der Waals surface area contributed by atoms with Crippen LogP contribution in [-0.4, -0.2) is 50.4 Å². The molecule has 11 heteroatoms. The van der Waals surface area contributed by atoms with Crippen LogP contribution in [0.4, 0.5) is 5.69 Å². The van der Waals surface area contributed by atoms with Gasteiger partial charge in [0, 0.05) is 28.5 Å². The van der Waals surface area contributed by atoms with Crippen molar-refractivity contribution in [2.75, 3.05) is 17.5 Å². The summed E-state index contributed by atoms with van der Waals surface area (Å²) in [6, 6.07) is 28.7. The zero-order valence-electron chi connectivity index (χ0n) is 27.4. The number of hydrogen-bond acceptors (Lipinski definition) is 5. The summed E-state index contributed by atoms with van der Waals surface area (Å²) >= 11 is 9.64. The zero-order valence-corrected chi connectivity index (χ0v) is 30.6. The third-order valence-corrected chi connectivity index (χ3v) is 11.1. The number of sulfonamides is 1. The lowest BCUT2D eigenvalue weighted by atomic mass is 9.94. The molecular weight excluding hydrogens is 726 g/mol. The van der Waals surface area contributed by atoms with E-state index in [9.17, 15) is 18.0 Å². The molecule has 0 aromatic heterocycles. The third-order valence-electron chi connectivity index (χ3n) is 8.58. The molecule has 1 atom stereocenters. The van der Waals surface area contributed by atoms with Gasteiger partial charge in [-0.15, -0.1) is 0 Å². The van der Waals surface area contributed by atoms with Crippen LogP contribution in [0.25, 0.3) is 0 Å². The first-order valence-corrected chi connectivity index (χ1v) is 19.1. The van der Waals surface area contributed by atoms with E-state index >= 15 is 0 Å². The van der Waals surface area contributed by atoms with E-state index in [2.05, 4.69) is 21.2 Å². The van der Waals surface area contributed by atoms with Crippen LogP contribution in [0.5, 0.6) is 5.75 Å². The maximum Gasteiger partial charge on any atom is 0.264 e. The number of benzene rings is 4. The quantitative estimate of drug-likeness (QED) is 0.142. The highest BCUT2D eigenvalue weighted by Gasteiger charge is 2.36. The minimum absolute atomic E-state index is 0.0159. The van der Waals surface area contributed by atoms with Gasteiger partial charge in [-0.05, 0) is 79.4 Å². The summed E-state index contributed by atoms with van der Waals surface area (Å²) < 4.78 is 36.5. The predicted octanol–water partition coefficient (Wildman–Crippen LogP) is 7.79. The van der Waals surface area contributed by atoms with Crippen molar-refractivity contribution in [2.45, 2.75) is 69.0 Å². The summed E-state index contributed by atoms with van der Waals surface area (Å²) in [5, 5.41) is 3.62. The van der Waals surface area contributed by atoms with Gasteiger partial charge in [0.25, 0.3) is 10.0 Å². The van der Waals surface area contributed by atoms with Gasteiger partial charge in [0.05, 0.1) is 17.2 Å². The number of nitrogens with one attached hydrogen (secondary N) is 1. The van der Waals surface area contributed by atoms with Crippen molar-refractivity contribution in [1.82, 2.24) is 10.2 Å².